The van der Waals surface area contributed by atoms with Gasteiger partial charge in [-0.1, -0.05) is 171 Å². The number of rotatable bonds is 28. The lowest BCUT2D eigenvalue weighted by molar-refractivity contribution is -0.678. The number of benzene rings is 8. The lowest BCUT2D eigenvalue weighted by Gasteiger charge is -2.17. The van der Waals surface area contributed by atoms with Crippen molar-refractivity contribution in [1.82, 2.24) is 0 Å². The van der Waals surface area contributed by atoms with Crippen LogP contribution in [0.3, 0.4) is 0 Å². The number of aromatic nitrogens is 4. The van der Waals surface area contributed by atoms with Crippen molar-refractivity contribution < 1.29 is 151 Å². The molecule has 0 saturated heterocycles. The third-order valence-corrected chi connectivity index (χ3v) is 20.0. The van der Waals surface area contributed by atoms with E-state index >= 15 is 0 Å². The zero-order chi connectivity index (χ0) is 77.4. The van der Waals surface area contributed by atoms with E-state index in [1.165, 1.54) is 25.7 Å². The highest BCUT2D eigenvalue weighted by molar-refractivity contribution is 5.74. The average Bonchev–Trinajstić information content (AvgIpc) is 1.66. The van der Waals surface area contributed by atoms with Gasteiger partial charge in [0.15, 0.2) is 42.6 Å². The summed E-state index contributed by atoms with van der Waals surface area (Å²) < 4.78 is 57.5. The number of aryl methyl sites for hydroxylation is 4. The molecule has 0 spiro atoms. The van der Waals surface area contributed by atoms with E-state index in [0.717, 1.165) is 241 Å². The minimum absolute atomic E-state index is 0. The largest absolute Gasteiger partial charge is 1.00 e. The maximum absolute atomic E-state index is 6.16. The van der Waals surface area contributed by atoms with Gasteiger partial charge in [0.2, 0.25) is 45.9 Å². The molecule has 0 atom stereocenters. The molecule has 12 aromatic rings. The summed E-state index contributed by atoms with van der Waals surface area (Å²) in [5, 5.41) is 0. The molecular formula is C96H108I4N8O8. The van der Waals surface area contributed by atoms with E-state index in [9.17, 15) is 0 Å². The Morgan fingerprint density at radius 2 is 0.560 bits per heavy atom. The SMILES string of the molecule is CCCCCN1C(=CC=Cc2oc3ccccc3[n+]2CCCCC)Oc2ccccc21.CCCCN1C(=CC=Cc2oc3ccccc3[n+]2CCCC)Oc2ccccc21.CCCN1C(=CC=Cc2oc3ccccc3[n+]2CCC)Oc2ccccc21.CCN1C(=CC=Cc2oc3ccccc3[n+]2CC)Oc2ccccc21.[I-].[I-].[I-].[I-]. The molecule has 0 N–H and O–H groups in total. The van der Waals surface area contributed by atoms with Crippen molar-refractivity contribution in [3.8, 4) is 23.0 Å². The molecule has 0 saturated carbocycles. The van der Waals surface area contributed by atoms with Crippen LogP contribution in [0.15, 0.2) is 284 Å². The molecule has 8 aromatic carbocycles. The van der Waals surface area contributed by atoms with Crippen molar-refractivity contribution in [2.75, 3.05) is 45.8 Å². The van der Waals surface area contributed by atoms with Gasteiger partial charge in [0.05, 0.1) is 47.1 Å². The normalized spacial score (nSPS) is 14.4. The van der Waals surface area contributed by atoms with Crippen LogP contribution >= 0.6 is 0 Å². The van der Waals surface area contributed by atoms with Crippen LogP contribution in [0.2, 0.25) is 0 Å². The molecule has 0 bridgehead atoms. The van der Waals surface area contributed by atoms with Crippen molar-refractivity contribution in [3.05, 3.63) is 290 Å². The molecule has 116 heavy (non-hydrogen) atoms. The molecule has 0 amide bonds. The zero-order valence-electron chi connectivity index (χ0n) is 67.9. The number of hydrogen-bond donors (Lipinski definition) is 0. The second-order valence-corrected chi connectivity index (χ2v) is 27.9. The van der Waals surface area contributed by atoms with Gasteiger partial charge in [-0.2, -0.15) is 18.3 Å². The highest BCUT2D eigenvalue weighted by Crippen LogP contribution is 2.42. The monoisotopic (exact) mass is 2010 g/mol. The second kappa shape index (κ2) is 46.1. The Morgan fingerprint density at radius 3 is 0.914 bits per heavy atom. The predicted octanol–water partition coefficient (Wildman–Crippen LogP) is 10.8. The minimum atomic E-state index is 0. The number of fused-ring (bicyclic) bond motifs is 8. The van der Waals surface area contributed by atoms with Gasteiger partial charge in [-0.25, -0.2) is 0 Å². The number of nitrogens with zero attached hydrogens (tertiary/aromatic N) is 8. The number of halogens is 4. The smallest absolute Gasteiger partial charge is 0.374 e. The van der Waals surface area contributed by atoms with Gasteiger partial charge < -0.3 is 152 Å². The number of hydrogen-bond acceptors (Lipinski definition) is 12. The molecular weight excluding hydrogens is 1900 g/mol. The molecule has 16 rings (SSSR count). The Morgan fingerprint density at radius 1 is 0.267 bits per heavy atom. The Labute approximate surface area is 752 Å². The standard InChI is InChI=1S/C27H33N2O2.C25H29N2O2.C23H25N2O2.C21H21N2O2.4HI/c1-3-5-11-20-28-22-14-7-9-16-24(22)30-26(28)18-13-19-27-29(21-12-6-4-2)23-15-8-10-17-25(23)31-27;1-3-5-18-26-20-12-7-9-14-22(20)28-24(26)16-11-17-25-27(19-6-4-2)21-13-8-10-15-23(21)29-25;1-3-16-24-18-10-5-7-12-20(18)26-22(24)14-9-15-23-25(17-4-2)19-11-6-8-13-21(19)27-23;1-3-22-16-10-5-7-12-18(16)24-20(22)14-9-15-21-23(4-2)17-11-6-8-13-19(17)25-21;;;;/h7-10,13-19H,3-6,11-12,20-21H2,1-2H3;7-17H,3-6,18-19H2,1-2H3;5-15H,3-4,16-17H2,1-2H3;5-15H,3-4H2,1-2H3;4*1H/q4*+1;;;;/p-4. The molecule has 20 heteroatoms. The fraction of sp³-hybridized carbons (Fsp3) is 0.292. The van der Waals surface area contributed by atoms with E-state index in [1.807, 2.05) is 182 Å². The van der Waals surface area contributed by atoms with Crippen molar-refractivity contribution in [2.24, 2.45) is 0 Å². The van der Waals surface area contributed by atoms with Crippen LogP contribution in [-0.2, 0) is 26.2 Å². The molecule has 0 unspecified atom stereocenters. The van der Waals surface area contributed by atoms with E-state index in [-0.39, 0.29) is 95.9 Å². The van der Waals surface area contributed by atoms with E-state index in [2.05, 4.69) is 178 Å². The fourth-order valence-corrected chi connectivity index (χ4v) is 14.4. The molecule has 4 aliphatic rings. The maximum atomic E-state index is 6.16. The first-order valence-corrected chi connectivity index (χ1v) is 40.6. The number of ether oxygens (including phenoxy) is 4. The molecule has 4 aliphatic heterocycles. The van der Waals surface area contributed by atoms with Crippen molar-refractivity contribution >= 4 is 91.5 Å². The van der Waals surface area contributed by atoms with E-state index in [4.69, 9.17) is 36.6 Å². The lowest BCUT2D eigenvalue weighted by atomic mass is 10.2. The first-order chi connectivity index (χ1) is 55.3. The summed E-state index contributed by atoms with van der Waals surface area (Å²) in [6, 6.07) is 65.5. The summed E-state index contributed by atoms with van der Waals surface area (Å²) in [5.74, 6) is 10.5. The summed E-state index contributed by atoms with van der Waals surface area (Å²) in [5.41, 5.74) is 12.7. The highest BCUT2D eigenvalue weighted by Gasteiger charge is 2.30. The van der Waals surface area contributed by atoms with Crippen molar-refractivity contribution in [3.63, 3.8) is 0 Å². The Hall–Kier alpha value is -9.12. The number of para-hydroxylation sites is 16. The van der Waals surface area contributed by atoms with Crippen molar-refractivity contribution in [1.29, 1.82) is 0 Å². The number of oxazole rings is 4. The van der Waals surface area contributed by atoms with Crippen LogP contribution < -0.4 is 153 Å². The van der Waals surface area contributed by atoms with Crippen LogP contribution in [-0.4, -0.2) is 26.2 Å². The molecule has 16 nitrogen and oxygen atoms in total. The molecule has 0 radical (unpaired) electrons. The van der Waals surface area contributed by atoms with E-state index in [0.29, 0.717) is 0 Å². The summed E-state index contributed by atoms with van der Waals surface area (Å²) in [4.78, 5) is 8.92. The zero-order valence-corrected chi connectivity index (χ0v) is 76.5. The maximum Gasteiger partial charge on any atom is 0.374 e. The van der Waals surface area contributed by atoms with Gasteiger partial charge in [-0.15, -0.1) is 0 Å². The molecule has 4 aromatic heterocycles. The number of anilines is 4. The Kier molecular flexibility index (Phi) is 36.1. The third kappa shape index (κ3) is 22.0. The average molecular weight is 2010 g/mol. The van der Waals surface area contributed by atoms with Gasteiger partial charge in [-0.05, 0) is 161 Å². The highest BCUT2D eigenvalue weighted by atomic mass is 127. The number of unbranched alkanes of at least 4 members (excludes halogenated alkanes) is 6. The molecule has 0 aliphatic carbocycles. The van der Waals surface area contributed by atoms with Gasteiger partial charge in [0, 0.05) is 69.7 Å². The second-order valence-electron chi connectivity index (χ2n) is 27.9. The van der Waals surface area contributed by atoms with Crippen LogP contribution in [0, 0.1) is 0 Å². The minimum Gasteiger partial charge on any atom is -1.00 e. The lowest BCUT2D eigenvalue weighted by Crippen LogP contribution is -3.00. The van der Waals surface area contributed by atoms with E-state index < -0.39 is 0 Å². The quantitative estimate of drug-likeness (QED) is 0.0264. The van der Waals surface area contributed by atoms with Gasteiger partial charge >= 0.3 is 23.6 Å². The van der Waals surface area contributed by atoms with Crippen LogP contribution in [0.5, 0.6) is 23.0 Å². The third-order valence-electron chi connectivity index (χ3n) is 20.0. The van der Waals surface area contributed by atoms with Gasteiger partial charge in [-0.3, -0.25) is 0 Å². The Balaban J connectivity index is 0.000000175. The Bertz CT molecular complexity index is 5410. The van der Waals surface area contributed by atoms with Crippen molar-refractivity contribution in [2.45, 2.75) is 159 Å². The molecule has 8 heterocycles. The topological polar surface area (TPSA) is 118 Å². The fourth-order valence-electron chi connectivity index (χ4n) is 14.4. The molecule has 608 valence electrons. The van der Waals surface area contributed by atoms with E-state index in [1.54, 1.807) is 0 Å². The summed E-state index contributed by atoms with van der Waals surface area (Å²) in [6.45, 7) is 24.9. The summed E-state index contributed by atoms with van der Waals surface area (Å²) in [6.07, 6.45) is 38.0. The van der Waals surface area contributed by atoms with Crippen LogP contribution in [0.1, 0.15) is 156 Å². The van der Waals surface area contributed by atoms with Crippen LogP contribution in [0.25, 0.3) is 68.7 Å². The first-order valence-electron chi connectivity index (χ1n) is 40.6. The van der Waals surface area contributed by atoms with Gasteiger partial charge in [0.1, 0.15) is 6.54 Å². The molecule has 0 fully saturated rings. The van der Waals surface area contributed by atoms with Gasteiger partial charge in [0.25, 0.3) is 22.1 Å². The number of allylic oxidation sites excluding steroid dienone is 8. The van der Waals surface area contributed by atoms with Crippen LogP contribution in [0.4, 0.5) is 22.7 Å². The summed E-state index contributed by atoms with van der Waals surface area (Å²) >= 11 is 0. The first kappa shape index (κ1) is 90.8. The summed E-state index contributed by atoms with van der Waals surface area (Å²) in [7, 11) is 0. The predicted molar refractivity (Wildman–Crippen MR) is 453 cm³/mol.